The van der Waals surface area contributed by atoms with Crippen molar-refractivity contribution in [3.63, 3.8) is 0 Å². The lowest BCUT2D eigenvalue weighted by Gasteiger charge is -2.25. The fourth-order valence-electron chi connectivity index (χ4n) is 0.332. The van der Waals surface area contributed by atoms with Gasteiger partial charge in [-0.05, 0) is 19.8 Å². The predicted octanol–water partition coefficient (Wildman–Crippen LogP) is 1.80. The van der Waals surface area contributed by atoms with Gasteiger partial charge in [-0.1, -0.05) is 13.8 Å². The van der Waals surface area contributed by atoms with Gasteiger partial charge in [-0.25, -0.2) is 0 Å². The van der Waals surface area contributed by atoms with Crippen LogP contribution in [-0.2, 0) is 10.8 Å². The topological polar surface area (TPSA) is 17.1 Å². The molecule has 1 atom stereocenters. The second kappa shape index (κ2) is 2.82. The summed E-state index contributed by atoms with van der Waals surface area (Å²) in [5.74, 6) is 0.489. The summed E-state index contributed by atoms with van der Waals surface area (Å²) >= 11 is 0. The molecule has 1 nitrogen and oxygen atoms in total. The predicted molar refractivity (Wildman–Crippen MR) is 43.0 cm³/mol. The Balaban J connectivity index is 4.19. The van der Waals surface area contributed by atoms with Crippen LogP contribution in [-0.4, -0.2) is 15.2 Å². The van der Waals surface area contributed by atoms with Crippen LogP contribution in [0, 0.1) is 5.92 Å². The van der Waals surface area contributed by atoms with Crippen LogP contribution in [0.1, 0.15) is 27.7 Å². The van der Waals surface area contributed by atoms with Gasteiger partial charge in [-0.3, -0.25) is 4.21 Å². The molecular formula is C7H16OS. The Hall–Kier alpha value is 0.150. The Bertz CT molecular complexity index is 116. The Morgan fingerprint density at radius 3 is 1.67 bits per heavy atom. The Kier molecular flexibility index (Phi) is 2.87. The molecule has 0 saturated carbocycles. The number of hydrogen-bond donors (Lipinski definition) is 0. The molecular weight excluding hydrogens is 132 g/mol. The van der Waals surface area contributed by atoms with Gasteiger partial charge >= 0.3 is 0 Å². The van der Waals surface area contributed by atoms with E-state index < -0.39 is 10.8 Å². The van der Waals surface area contributed by atoms with Crippen LogP contribution in [0.2, 0.25) is 0 Å². The lowest BCUT2D eigenvalue weighted by atomic mass is 10.00. The third-order valence-corrected chi connectivity index (χ3v) is 4.08. The van der Waals surface area contributed by atoms with E-state index in [-0.39, 0.29) is 4.75 Å². The van der Waals surface area contributed by atoms with E-state index in [9.17, 15) is 4.21 Å². The highest BCUT2D eigenvalue weighted by Crippen LogP contribution is 2.21. The highest BCUT2D eigenvalue weighted by molar-refractivity contribution is 7.85. The van der Waals surface area contributed by atoms with Crippen molar-refractivity contribution in [1.82, 2.24) is 0 Å². The van der Waals surface area contributed by atoms with Gasteiger partial charge in [0.25, 0.3) is 0 Å². The van der Waals surface area contributed by atoms with Crippen molar-refractivity contribution in [3.05, 3.63) is 0 Å². The second-order valence-corrected chi connectivity index (χ2v) is 5.17. The molecule has 1 unspecified atom stereocenters. The van der Waals surface area contributed by atoms with Crippen molar-refractivity contribution in [1.29, 1.82) is 0 Å². The smallest absolute Gasteiger partial charge is 0.0423 e. The molecule has 0 rings (SSSR count). The molecule has 0 saturated heterocycles. The maximum atomic E-state index is 11.0. The molecule has 0 aliphatic carbocycles. The highest BCUT2D eigenvalue weighted by Gasteiger charge is 2.25. The Labute approximate surface area is 60.3 Å². The summed E-state index contributed by atoms with van der Waals surface area (Å²) in [5.41, 5.74) is 0. The fraction of sp³-hybridized carbons (Fsp3) is 1.00. The molecule has 0 radical (unpaired) electrons. The van der Waals surface area contributed by atoms with E-state index in [0.29, 0.717) is 5.92 Å². The third-order valence-electron chi connectivity index (χ3n) is 2.13. The zero-order valence-corrected chi connectivity index (χ0v) is 7.71. The molecule has 0 heterocycles. The summed E-state index contributed by atoms with van der Waals surface area (Å²) in [7, 11) is -0.706. The fourth-order valence-corrected chi connectivity index (χ4v) is 0.996. The van der Waals surface area contributed by atoms with Gasteiger partial charge in [0.05, 0.1) is 0 Å². The van der Waals surface area contributed by atoms with E-state index >= 15 is 0 Å². The van der Waals surface area contributed by atoms with Crippen molar-refractivity contribution >= 4 is 10.8 Å². The quantitative estimate of drug-likeness (QED) is 0.583. The Morgan fingerprint density at radius 2 is 1.67 bits per heavy atom. The van der Waals surface area contributed by atoms with E-state index in [1.165, 1.54) is 0 Å². The Morgan fingerprint density at radius 1 is 1.33 bits per heavy atom. The first-order chi connectivity index (χ1) is 3.89. The molecule has 0 spiro atoms. The first kappa shape index (κ1) is 9.15. The summed E-state index contributed by atoms with van der Waals surface area (Å²) in [5, 5.41) is 0. The first-order valence-corrected chi connectivity index (χ1v) is 4.78. The SMILES string of the molecule is CC(C)C(C)(C)S(C)=O. The highest BCUT2D eigenvalue weighted by atomic mass is 32.2. The minimum absolute atomic E-state index is 0.0278. The minimum atomic E-state index is -0.706. The summed E-state index contributed by atoms with van der Waals surface area (Å²) in [6, 6.07) is 0. The summed E-state index contributed by atoms with van der Waals surface area (Å²) < 4.78 is 11.0. The van der Waals surface area contributed by atoms with Crippen LogP contribution in [0.4, 0.5) is 0 Å². The molecule has 0 aromatic carbocycles. The lowest BCUT2D eigenvalue weighted by Crippen LogP contribution is -2.31. The van der Waals surface area contributed by atoms with Crippen LogP contribution in [0.5, 0.6) is 0 Å². The largest absolute Gasteiger partial charge is 0.259 e. The van der Waals surface area contributed by atoms with Crippen molar-refractivity contribution in [2.45, 2.75) is 32.4 Å². The number of hydrogen-bond acceptors (Lipinski definition) is 1. The molecule has 0 aliphatic rings. The van der Waals surface area contributed by atoms with Gasteiger partial charge < -0.3 is 0 Å². The molecule has 0 aromatic rings. The molecule has 0 aromatic heterocycles. The molecule has 0 fully saturated rings. The molecule has 0 bridgehead atoms. The van der Waals surface area contributed by atoms with Gasteiger partial charge in [0.2, 0.25) is 0 Å². The van der Waals surface area contributed by atoms with Crippen LogP contribution in [0.15, 0.2) is 0 Å². The van der Waals surface area contributed by atoms with Crippen LogP contribution in [0.25, 0.3) is 0 Å². The monoisotopic (exact) mass is 148 g/mol. The zero-order chi connectivity index (χ0) is 7.65. The van der Waals surface area contributed by atoms with E-state index in [2.05, 4.69) is 13.8 Å². The van der Waals surface area contributed by atoms with Crippen LogP contribution in [0.3, 0.4) is 0 Å². The van der Waals surface area contributed by atoms with Gasteiger partial charge in [0.15, 0.2) is 0 Å². The van der Waals surface area contributed by atoms with Crippen molar-refractivity contribution < 1.29 is 4.21 Å². The van der Waals surface area contributed by atoms with Crippen molar-refractivity contribution in [3.8, 4) is 0 Å². The van der Waals surface area contributed by atoms with E-state index in [0.717, 1.165) is 0 Å². The van der Waals surface area contributed by atoms with Crippen LogP contribution >= 0.6 is 0 Å². The molecule has 2 heteroatoms. The molecule has 0 N–H and O–H groups in total. The second-order valence-electron chi connectivity index (χ2n) is 3.21. The van der Waals surface area contributed by atoms with Gasteiger partial charge in [0.1, 0.15) is 0 Å². The minimum Gasteiger partial charge on any atom is -0.259 e. The van der Waals surface area contributed by atoms with Crippen LogP contribution < -0.4 is 0 Å². The molecule has 0 amide bonds. The summed E-state index contributed by atoms with van der Waals surface area (Å²) in [6.07, 6.45) is 1.76. The average Bonchev–Trinajstić information content (AvgIpc) is 1.65. The van der Waals surface area contributed by atoms with Crippen molar-refractivity contribution in [2.24, 2.45) is 5.92 Å². The van der Waals surface area contributed by atoms with E-state index in [1.54, 1.807) is 6.26 Å². The van der Waals surface area contributed by atoms with Crippen molar-refractivity contribution in [2.75, 3.05) is 6.26 Å². The maximum absolute atomic E-state index is 11.0. The van der Waals surface area contributed by atoms with Gasteiger partial charge in [-0.2, -0.15) is 0 Å². The first-order valence-electron chi connectivity index (χ1n) is 3.22. The molecule has 56 valence electrons. The third kappa shape index (κ3) is 2.09. The van der Waals surface area contributed by atoms with E-state index in [4.69, 9.17) is 0 Å². The van der Waals surface area contributed by atoms with Gasteiger partial charge in [0, 0.05) is 21.8 Å². The van der Waals surface area contributed by atoms with Gasteiger partial charge in [-0.15, -0.1) is 0 Å². The lowest BCUT2D eigenvalue weighted by molar-refractivity contribution is 0.486. The molecule has 9 heavy (non-hydrogen) atoms. The summed E-state index contributed by atoms with van der Waals surface area (Å²) in [4.78, 5) is 0. The molecule has 0 aliphatic heterocycles. The average molecular weight is 148 g/mol. The summed E-state index contributed by atoms with van der Waals surface area (Å²) in [6.45, 7) is 8.27. The maximum Gasteiger partial charge on any atom is 0.0423 e. The standard InChI is InChI=1S/C7H16OS/c1-6(2)7(3,4)9(5)8/h6H,1-5H3. The zero-order valence-electron chi connectivity index (χ0n) is 6.89. The van der Waals surface area contributed by atoms with E-state index in [1.807, 2.05) is 13.8 Å². The normalized spacial score (nSPS) is 16.2. The number of rotatable bonds is 2.